The van der Waals surface area contributed by atoms with Gasteiger partial charge < -0.3 is 34.3 Å². The number of carbonyl (C=O) groups is 2. The quantitative estimate of drug-likeness (QED) is 0.104. The van der Waals surface area contributed by atoms with E-state index < -0.39 is 26.9 Å². The number of hydrogen-bond acceptors (Lipinski definition) is 13. The second-order valence-corrected chi connectivity index (χ2v) is 19.9. The van der Waals surface area contributed by atoms with Gasteiger partial charge in [0.05, 0.1) is 42.3 Å². The second kappa shape index (κ2) is 18.5. The van der Waals surface area contributed by atoms with Crippen LogP contribution in [0.1, 0.15) is 55.5 Å². The van der Waals surface area contributed by atoms with Crippen molar-refractivity contribution in [3.8, 4) is 17.2 Å². The zero-order chi connectivity index (χ0) is 45.3. The molecular formula is C47H51ClN8O8S. The van der Waals surface area contributed by atoms with Crippen LogP contribution in [-0.2, 0) is 19.6 Å². The lowest BCUT2D eigenvalue weighted by atomic mass is 9.72. The average molecular weight is 923 g/mol. The van der Waals surface area contributed by atoms with Crippen LogP contribution in [0.3, 0.4) is 0 Å². The Bertz CT molecular complexity index is 2760. The Kier molecular flexibility index (Phi) is 12.6. The minimum absolute atomic E-state index is 0.0323. The van der Waals surface area contributed by atoms with Gasteiger partial charge >= 0.3 is 0 Å². The van der Waals surface area contributed by atoms with E-state index in [-0.39, 0.29) is 52.8 Å². The van der Waals surface area contributed by atoms with Crippen molar-refractivity contribution in [1.29, 1.82) is 0 Å². The van der Waals surface area contributed by atoms with Crippen LogP contribution in [0.15, 0.2) is 94.8 Å². The van der Waals surface area contributed by atoms with Gasteiger partial charge in [-0.05, 0) is 83.5 Å². The molecule has 0 unspecified atom stereocenters. The van der Waals surface area contributed by atoms with E-state index in [0.29, 0.717) is 37.7 Å². The summed E-state index contributed by atoms with van der Waals surface area (Å²) >= 11 is 6.25. The number of nitrogens with zero attached hydrogens (tertiary/aromatic N) is 5. The van der Waals surface area contributed by atoms with Crippen LogP contribution in [0.5, 0.6) is 17.2 Å². The van der Waals surface area contributed by atoms with Crippen LogP contribution in [0, 0.1) is 10.3 Å². The molecule has 3 aliphatic heterocycles. The number of ether oxygens (including phenoxy) is 3. The highest BCUT2D eigenvalue weighted by Crippen LogP contribution is 2.44. The molecule has 2 amide bonds. The Morgan fingerprint density at radius 1 is 1.00 bits per heavy atom. The molecule has 0 bridgehead atoms. The van der Waals surface area contributed by atoms with Gasteiger partial charge in [-0.1, -0.05) is 43.2 Å². The number of anilines is 2. The first-order valence-electron chi connectivity index (χ1n) is 21.8. The Hall–Kier alpha value is -6.01. The van der Waals surface area contributed by atoms with E-state index in [2.05, 4.69) is 61.0 Å². The summed E-state index contributed by atoms with van der Waals surface area (Å²) in [4.78, 5) is 52.5. The van der Waals surface area contributed by atoms with Crippen LogP contribution in [0.2, 0.25) is 5.02 Å². The summed E-state index contributed by atoms with van der Waals surface area (Å²) in [6.07, 6.45) is 6.56. The lowest BCUT2D eigenvalue weighted by Gasteiger charge is -2.39. The standard InChI is InChI=1S/C47H51ClN8O8S/c1-47(2)11-9-32(39(26-47)30-3-5-33(48)6-4-30)28-54-13-15-55(16-14-54)35-7-8-38(41(23-35)64-36-21-31-10-12-49-45(31)50-27-36)46(58)53-65(60,61)37-24-40(52-59)44-42(25-37)63-29-34(51-44)22-43(57)56-17-19-62-20-18-56/h3-8,10,12,21,23-25,27,34,51H,9,11,13-20,22,26,28-29H2,1-2H3,(H,49,50)(H,53,58)/t34-/m1/s1. The number of aromatic amines is 1. The van der Waals surface area contributed by atoms with Gasteiger partial charge in [-0.3, -0.25) is 14.5 Å². The number of benzene rings is 3. The molecule has 0 radical (unpaired) electrons. The fourth-order valence-electron chi connectivity index (χ4n) is 8.98. The van der Waals surface area contributed by atoms with Gasteiger partial charge in [-0.2, -0.15) is 0 Å². The molecule has 0 spiro atoms. The van der Waals surface area contributed by atoms with Crippen molar-refractivity contribution >= 4 is 67.1 Å². The summed E-state index contributed by atoms with van der Waals surface area (Å²) in [6.45, 7) is 10.5. The summed E-state index contributed by atoms with van der Waals surface area (Å²) in [5, 5.41) is 7.70. The molecule has 2 fully saturated rings. The number of halogens is 1. The number of nitrogens with one attached hydrogen (secondary N) is 3. The van der Waals surface area contributed by atoms with Gasteiger partial charge in [-0.15, -0.1) is 4.91 Å². The number of pyridine rings is 1. The molecule has 4 aliphatic rings. The van der Waals surface area contributed by atoms with Crippen molar-refractivity contribution in [2.45, 2.75) is 50.5 Å². The zero-order valence-electron chi connectivity index (χ0n) is 36.3. The smallest absolute Gasteiger partial charge is 0.268 e. The predicted molar refractivity (Wildman–Crippen MR) is 249 cm³/mol. The first-order chi connectivity index (χ1) is 31.3. The molecule has 18 heteroatoms. The molecule has 2 saturated heterocycles. The highest BCUT2D eigenvalue weighted by atomic mass is 35.5. The Labute approximate surface area is 382 Å². The van der Waals surface area contributed by atoms with Gasteiger partial charge in [-0.25, -0.2) is 18.1 Å². The highest BCUT2D eigenvalue weighted by Gasteiger charge is 2.32. The fraction of sp³-hybridized carbons (Fsp3) is 0.383. The van der Waals surface area contributed by atoms with Gasteiger partial charge in [0.15, 0.2) is 0 Å². The van der Waals surface area contributed by atoms with E-state index in [9.17, 15) is 22.9 Å². The fourth-order valence-corrected chi connectivity index (χ4v) is 10.1. The Morgan fingerprint density at radius 2 is 1.78 bits per heavy atom. The molecule has 16 nitrogen and oxygen atoms in total. The number of aromatic nitrogens is 2. The third kappa shape index (κ3) is 9.98. The number of rotatable bonds is 12. The molecule has 1 aliphatic carbocycles. The van der Waals surface area contributed by atoms with Crippen molar-refractivity contribution in [2.75, 3.05) is 75.9 Å². The van der Waals surface area contributed by atoms with Crippen LogP contribution >= 0.6 is 11.6 Å². The molecule has 0 saturated carbocycles. The first kappa shape index (κ1) is 44.2. The third-order valence-electron chi connectivity index (χ3n) is 12.6. The minimum Gasteiger partial charge on any atom is -0.489 e. The number of carbonyl (C=O) groups excluding carboxylic acids is 2. The van der Waals surface area contributed by atoms with E-state index in [0.717, 1.165) is 74.1 Å². The number of morpholine rings is 1. The zero-order valence-corrected chi connectivity index (χ0v) is 37.8. The molecule has 340 valence electrons. The molecule has 5 heterocycles. The third-order valence-corrected chi connectivity index (χ3v) is 14.2. The summed E-state index contributed by atoms with van der Waals surface area (Å²) in [7, 11) is -4.59. The van der Waals surface area contributed by atoms with Crippen LogP contribution < -0.4 is 24.4 Å². The molecule has 2 aromatic heterocycles. The number of hydrogen-bond donors (Lipinski definition) is 3. The van der Waals surface area contributed by atoms with E-state index in [1.54, 1.807) is 35.4 Å². The van der Waals surface area contributed by atoms with Crippen molar-refractivity contribution in [1.82, 2.24) is 24.5 Å². The molecule has 1 atom stereocenters. The normalized spacial score (nSPS) is 19.0. The number of allylic oxidation sites excluding steroid dienone is 1. The maximum absolute atomic E-state index is 14.0. The minimum atomic E-state index is -4.59. The Balaban J connectivity index is 0.922. The summed E-state index contributed by atoms with van der Waals surface area (Å²) in [5.41, 5.74) is 5.66. The van der Waals surface area contributed by atoms with Crippen LogP contribution in [0.25, 0.3) is 16.6 Å². The van der Waals surface area contributed by atoms with Gasteiger partial charge in [0.25, 0.3) is 15.9 Å². The summed E-state index contributed by atoms with van der Waals surface area (Å²) in [5.74, 6) is -0.526. The average Bonchev–Trinajstić information content (AvgIpc) is 3.78. The topological polar surface area (TPSA) is 188 Å². The van der Waals surface area contributed by atoms with E-state index in [1.165, 1.54) is 29.0 Å². The molecule has 9 rings (SSSR count). The van der Waals surface area contributed by atoms with Crippen LogP contribution in [-0.4, -0.2) is 112 Å². The lowest BCUT2D eigenvalue weighted by Crippen LogP contribution is -2.47. The molecule has 65 heavy (non-hydrogen) atoms. The van der Waals surface area contributed by atoms with Gasteiger partial charge in [0, 0.05) is 80.2 Å². The van der Waals surface area contributed by atoms with E-state index in [4.69, 9.17) is 25.8 Å². The molecule has 3 aromatic carbocycles. The molecule has 3 N–H and O–H groups in total. The number of fused-ring (bicyclic) bond motifs is 2. The molecular weight excluding hydrogens is 872 g/mol. The maximum Gasteiger partial charge on any atom is 0.268 e. The summed E-state index contributed by atoms with van der Waals surface area (Å²) in [6, 6.07) is 18.7. The van der Waals surface area contributed by atoms with Crippen molar-refractivity contribution in [3.63, 3.8) is 0 Å². The van der Waals surface area contributed by atoms with Crippen molar-refractivity contribution in [2.24, 2.45) is 10.6 Å². The maximum atomic E-state index is 14.0. The lowest BCUT2D eigenvalue weighted by molar-refractivity contribution is -0.135. The first-order valence-corrected chi connectivity index (χ1v) is 23.7. The second-order valence-electron chi connectivity index (χ2n) is 17.8. The predicted octanol–water partition coefficient (Wildman–Crippen LogP) is 7.73. The number of amides is 2. The monoisotopic (exact) mass is 922 g/mol. The van der Waals surface area contributed by atoms with Crippen molar-refractivity contribution < 1.29 is 32.2 Å². The van der Waals surface area contributed by atoms with E-state index in [1.807, 2.05) is 18.2 Å². The summed E-state index contributed by atoms with van der Waals surface area (Å²) < 4.78 is 47.5. The Morgan fingerprint density at radius 3 is 2.55 bits per heavy atom. The van der Waals surface area contributed by atoms with Gasteiger partial charge in [0.2, 0.25) is 5.91 Å². The highest BCUT2D eigenvalue weighted by molar-refractivity contribution is 7.90. The van der Waals surface area contributed by atoms with Gasteiger partial charge in [0.1, 0.15) is 40.9 Å². The SMILES string of the molecule is CC1(C)CCC(CN2CCN(c3ccc(C(=O)NS(=O)(=O)c4cc(N=O)c5c(c4)OC[C@@H](CC(=O)N4CCOCC4)N5)c(Oc4cnc5[nH]ccc5c4)c3)CC2)=C(c2ccc(Cl)cc2)C1. The van der Waals surface area contributed by atoms with Crippen molar-refractivity contribution in [3.05, 3.63) is 106 Å². The van der Waals surface area contributed by atoms with Crippen LogP contribution in [0.4, 0.5) is 17.1 Å². The largest absolute Gasteiger partial charge is 0.489 e. The van der Waals surface area contributed by atoms with E-state index >= 15 is 0 Å². The number of piperazine rings is 1. The number of sulfonamides is 1. The number of H-pyrrole nitrogens is 1. The molecule has 5 aromatic rings. The number of nitroso groups, excluding NO2 is 1.